The average Bonchev–Trinajstić information content (AvgIpc) is 2.90. The van der Waals surface area contributed by atoms with E-state index in [2.05, 4.69) is 45.7 Å². The van der Waals surface area contributed by atoms with E-state index in [0.29, 0.717) is 5.02 Å². The van der Waals surface area contributed by atoms with Gasteiger partial charge in [0.2, 0.25) is 0 Å². The normalized spacial score (nSPS) is 10.7. The van der Waals surface area contributed by atoms with Crippen LogP contribution in [0.3, 0.4) is 0 Å². The number of halogens is 1. The van der Waals surface area contributed by atoms with Crippen molar-refractivity contribution >= 4 is 28.8 Å². The van der Waals surface area contributed by atoms with Crippen LogP contribution in [0.25, 0.3) is 0 Å². The van der Waals surface area contributed by atoms with Crippen molar-refractivity contribution in [2.24, 2.45) is 0 Å². The Bertz CT molecular complexity index is 513. The Kier molecular flexibility index (Phi) is 5.19. The molecular weight excluding hydrogens is 278 g/mol. The summed E-state index contributed by atoms with van der Waals surface area (Å²) < 4.78 is 0. The highest BCUT2D eigenvalue weighted by Gasteiger charge is 2.08. The molecule has 2 heterocycles. The lowest BCUT2D eigenvalue weighted by Crippen LogP contribution is -2.18. The number of thiophene rings is 1. The summed E-state index contributed by atoms with van der Waals surface area (Å²) in [4.78, 5) is 7.86. The van der Waals surface area contributed by atoms with E-state index < -0.39 is 0 Å². The van der Waals surface area contributed by atoms with Gasteiger partial charge in [0.1, 0.15) is 5.82 Å². The minimum absolute atomic E-state index is 0.717. The van der Waals surface area contributed by atoms with Crippen LogP contribution >= 0.6 is 22.9 Å². The molecule has 0 bridgehead atoms. The summed E-state index contributed by atoms with van der Waals surface area (Å²) in [7, 11) is 2.05. The largest absolute Gasteiger partial charge is 0.355 e. The first-order valence-corrected chi connectivity index (χ1v) is 7.55. The van der Waals surface area contributed by atoms with E-state index in [9.17, 15) is 0 Å². The van der Waals surface area contributed by atoms with Crippen LogP contribution in [0.4, 0.5) is 5.82 Å². The van der Waals surface area contributed by atoms with Crippen molar-refractivity contribution in [3.8, 4) is 0 Å². The van der Waals surface area contributed by atoms with E-state index in [1.807, 2.05) is 7.05 Å². The fraction of sp³-hybridized carbons (Fsp3) is 0.357. The monoisotopic (exact) mass is 295 g/mol. The highest BCUT2D eigenvalue weighted by atomic mass is 35.5. The van der Waals surface area contributed by atoms with Crippen LogP contribution in [0, 0.1) is 0 Å². The van der Waals surface area contributed by atoms with Gasteiger partial charge in [0, 0.05) is 24.7 Å². The number of hydrogen-bond acceptors (Lipinski definition) is 4. The molecule has 0 atom stereocenters. The van der Waals surface area contributed by atoms with Crippen molar-refractivity contribution in [3.63, 3.8) is 0 Å². The Hall–Kier alpha value is -1.10. The maximum absolute atomic E-state index is 6.16. The second-order valence-corrected chi connectivity index (χ2v) is 5.79. The second-order valence-electron chi connectivity index (χ2n) is 4.35. The van der Waals surface area contributed by atoms with Gasteiger partial charge in [-0.25, -0.2) is 4.98 Å². The summed E-state index contributed by atoms with van der Waals surface area (Å²) in [5.74, 6) is 0.950. The van der Waals surface area contributed by atoms with Crippen molar-refractivity contribution in [1.29, 1.82) is 0 Å². The first-order chi connectivity index (χ1) is 9.20. The molecule has 3 nitrogen and oxygen atoms in total. The molecule has 0 aliphatic carbocycles. The van der Waals surface area contributed by atoms with E-state index in [4.69, 9.17) is 11.6 Å². The molecule has 5 heteroatoms. The Morgan fingerprint density at radius 2 is 2.32 bits per heavy atom. The molecule has 0 radical (unpaired) electrons. The third-order valence-electron chi connectivity index (χ3n) is 2.85. The first kappa shape index (κ1) is 14.3. The summed E-state index contributed by atoms with van der Waals surface area (Å²) in [6, 6.07) is 6.26. The van der Waals surface area contributed by atoms with Gasteiger partial charge in [0.05, 0.1) is 11.6 Å². The maximum atomic E-state index is 6.16. The van der Waals surface area contributed by atoms with Gasteiger partial charge in [-0.1, -0.05) is 24.6 Å². The zero-order valence-electron chi connectivity index (χ0n) is 11.2. The smallest absolute Gasteiger partial charge is 0.128 e. The van der Waals surface area contributed by atoms with Crippen molar-refractivity contribution in [2.45, 2.75) is 20.0 Å². The van der Waals surface area contributed by atoms with E-state index in [0.717, 1.165) is 31.0 Å². The third-order valence-corrected chi connectivity index (χ3v) is 4.05. The van der Waals surface area contributed by atoms with Gasteiger partial charge in [0.15, 0.2) is 0 Å². The number of pyridine rings is 1. The van der Waals surface area contributed by atoms with Crippen molar-refractivity contribution in [3.05, 3.63) is 45.2 Å². The fourth-order valence-electron chi connectivity index (χ4n) is 1.79. The number of aromatic nitrogens is 1. The number of nitrogens with zero attached hydrogens (tertiary/aromatic N) is 2. The number of anilines is 1. The van der Waals surface area contributed by atoms with E-state index in [-0.39, 0.29) is 0 Å². The molecular formula is C14H18ClN3S. The molecule has 0 fully saturated rings. The van der Waals surface area contributed by atoms with Gasteiger partial charge in [-0.15, -0.1) is 11.3 Å². The fourth-order valence-corrected chi connectivity index (χ4v) is 2.72. The van der Waals surface area contributed by atoms with Gasteiger partial charge in [0.25, 0.3) is 0 Å². The van der Waals surface area contributed by atoms with Crippen LogP contribution in [0.15, 0.2) is 29.8 Å². The first-order valence-electron chi connectivity index (χ1n) is 6.29. The van der Waals surface area contributed by atoms with Crippen LogP contribution in [-0.4, -0.2) is 18.6 Å². The predicted octanol–water partition coefficient (Wildman–Crippen LogP) is 3.54. The SMILES string of the molecule is CCNCc1cc(N(C)Cc2cccs2)ncc1Cl. The van der Waals surface area contributed by atoms with E-state index in [1.165, 1.54) is 4.88 Å². The van der Waals surface area contributed by atoms with Gasteiger partial charge >= 0.3 is 0 Å². The molecule has 2 rings (SSSR count). The minimum atomic E-state index is 0.717. The summed E-state index contributed by atoms with van der Waals surface area (Å²) in [5.41, 5.74) is 1.09. The molecule has 102 valence electrons. The Morgan fingerprint density at radius 1 is 1.47 bits per heavy atom. The van der Waals surface area contributed by atoms with Crippen LogP contribution in [0.5, 0.6) is 0 Å². The Morgan fingerprint density at radius 3 is 3.00 bits per heavy atom. The van der Waals surface area contributed by atoms with Crippen LogP contribution in [-0.2, 0) is 13.1 Å². The molecule has 0 spiro atoms. The van der Waals surface area contributed by atoms with Crippen LogP contribution in [0.2, 0.25) is 5.02 Å². The molecule has 0 aliphatic heterocycles. The molecule has 0 saturated heterocycles. The number of rotatable bonds is 6. The zero-order valence-corrected chi connectivity index (χ0v) is 12.8. The molecule has 0 aromatic carbocycles. The summed E-state index contributed by atoms with van der Waals surface area (Å²) >= 11 is 7.92. The minimum Gasteiger partial charge on any atom is -0.355 e. The van der Waals surface area contributed by atoms with Crippen LogP contribution < -0.4 is 10.2 Å². The summed E-state index contributed by atoms with van der Waals surface area (Å²) in [5, 5.41) is 6.10. The zero-order chi connectivity index (χ0) is 13.7. The predicted molar refractivity (Wildman–Crippen MR) is 83.1 cm³/mol. The van der Waals surface area contributed by atoms with Crippen molar-refractivity contribution in [1.82, 2.24) is 10.3 Å². The number of hydrogen-bond donors (Lipinski definition) is 1. The summed E-state index contributed by atoms with van der Waals surface area (Å²) in [6.45, 7) is 4.66. The maximum Gasteiger partial charge on any atom is 0.128 e. The van der Waals surface area contributed by atoms with Gasteiger partial charge in [-0.05, 0) is 29.6 Å². The van der Waals surface area contributed by atoms with Gasteiger partial charge in [-0.3, -0.25) is 0 Å². The third kappa shape index (κ3) is 3.93. The molecule has 2 aromatic heterocycles. The molecule has 0 unspecified atom stereocenters. The molecule has 0 saturated carbocycles. The molecule has 0 amide bonds. The van der Waals surface area contributed by atoms with E-state index in [1.54, 1.807) is 17.5 Å². The Labute approximate surface area is 123 Å². The lowest BCUT2D eigenvalue weighted by molar-refractivity contribution is 0.725. The molecule has 19 heavy (non-hydrogen) atoms. The lowest BCUT2D eigenvalue weighted by Gasteiger charge is -2.18. The van der Waals surface area contributed by atoms with Crippen molar-refractivity contribution in [2.75, 3.05) is 18.5 Å². The quantitative estimate of drug-likeness (QED) is 0.883. The van der Waals surface area contributed by atoms with Gasteiger partial charge < -0.3 is 10.2 Å². The highest BCUT2D eigenvalue weighted by Crippen LogP contribution is 2.21. The molecule has 0 aliphatic rings. The summed E-state index contributed by atoms with van der Waals surface area (Å²) in [6.07, 6.45) is 1.73. The topological polar surface area (TPSA) is 28.2 Å². The van der Waals surface area contributed by atoms with E-state index >= 15 is 0 Å². The average molecular weight is 296 g/mol. The molecule has 2 aromatic rings. The highest BCUT2D eigenvalue weighted by molar-refractivity contribution is 7.09. The molecule has 1 N–H and O–H groups in total. The van der Waals surface area contributed by atoms with Crippen LogP contribution in [0.1, 0.15) is 17.4 Å². The van der Waals surface area contributed by atoms with Gasteiger partial charge in [-0.2, -0.15) is 0 Å². The second kappa shape index (κ2) is 6.89. The standard InChI is InChI=1S/C14H18ClN3S/c1-3-16-8-11-7-14(17-9-13(11)15)18(2)10-12-5-4-6-19-12/h4-7,9,16H,3,8,10H2,1-2H3. The lowest BCUT2D eigenvalue weighted by atomic mass is 10.2. The Balaban J connectivity index is 2.10. The number of nitrogens with one attached hydrogen (secondary N) is 1. The van der Waals surface area contributed by atoms with Crippen molar-refractivity contribution < 1.29 is 0 Å².